The number of ether oxygens (including phenoxy) is 1. The average Bonchev–Trinajstić information content (AvgIpc) is 2.46. The maximum atomic E-state index is 5.95. The summed E-state index contributed by atoms with van der Waals surface area (Å²) in [5, 5.41) is 3.53. The number of hydrogen-bond donors (Lipinski definition) is 1. The van der Waals surface area contributed by atoms with Gasteiger partial charge < -0.3 is 10.5 Å². The predicted octanol–water partition coefficient (Wildman–Crippen LogP) is 3.15. The lowest BCUT2D eigenvalue weighted by molar-refractivity contribution is 0.415. The SMILES string of the molecule is COc1cc2c(N)csc2cc1Cl. The molecule has 4 heteroatoms. The maximum Gasteiger partial charge on any atom is 0.138 e. The Labute approximate surface area is 84.9 Å². The van der Waals surface area contributed by atoms with Crippen LogP contribution in [-0.4, -0.2) is 7.11 Å². The van der Waals surface area contributed by atoms with Crippen LogP contribution in [0.15, 0.2) is 17.5 Å². The number of fused-ring (bicyclic) bond motifs is 1. The van der Waals surface area contributed by atoms with Gasteiger partial charge in [-0.3, -0.25) is 0 Å². The van der Waals surface area contributed by atoms with Crippen molar-refractivity contribution in [3.05, 3.63) is 22.5 Å². The van der Waals surface area contributed by atoms with Crippen LogP contribution < -0.4 is 10.5 Å². The molecule has 0 bridgehead atoms. The van der Waals surface area contributed by atoms with Crippen molar-refractivity contribution in [2.75, 3.05) is 12.8 Å². The quantitative estimate of drug-likeness (QED) is 0.790. The van der Waals surface area contributed by atoms with E-state index < -0.39 is 0 Å². The summed E-state index contributed by atoms with van der Waals surface area (Å²) < 4.78 is 6.18. The van der Waals surface area contributed by atoms with Gasteiger partial charge in [0.2, 0.25) is 0 Å². The molecular formula is C9H8ClNOS. The largest absolute Gasteiger partial charge is 0.495 e. The van der Waals surface area contributed by atoms with Gasteiger partial charge in [0, 0.05) is 15.5 Å². The van der Waals surface area contributed by atoms with Crippen molar-refractivity contribution < 1.29 is 4.74 Å². The summed E-state index contributed by atoms with van der Waals surface area (Å²) >= 11 is 7.54. The molecule has 0 amide bonds. The highest BCUT2D eigenvalue weighted by molar-refractivity contribution is 7.17. The van der Waals surface area contributed by atoms with Crippen LogP contribution in [0.4, 0.5) is 5.69 Å². The van der Waals surface area contributed by atoms with Crippen molar-refractivity contribution in [1.82, 2.24) is 0 Å². The fraction of sp³-hybridized carbons (Fsp3) is 0.111. The zero-order valence-electron chi connectivity index (χ0n) is 7.00. The molecule has 0 aliphatic carbocycles. The van der Waals surface area contributed by atoms with E-state index in [1.54, 1.807) is 18.4 Å². The lowest BCUT2D eigenvalue weighted by Gasteiger charge is -2.02. The third kappa shape index (κ3) is 1.34. The summed E-state index contributed by atoms with van der Waals surface area (Å²) in [6.45, 7) is 0. The molecule has 13 heavy (non-hydrogen) atoms. The molecule has 2 aromatic rings. The molecule has 0 radical (unpaired) electrons. The molecule has 68 valence electrons. The zero-order valence-corrected chi connectivity index (χ0v) is 8.58. The number of rotatable bonds is 1. The van der Waals surface area contributed by atoms with Crippen molar-refractivity contribution >= 4 is 38.7 Å². The normalized spacial score (nSPS) is 10.6. The molecule has 0 saturated heterocycles. The second-order valence-corrected chi connectivity index (χ2v) is 3.99. The molecule has 0 aliphatic heterocycles. The van der Waals surface area contributed by atoms with Gasteiger partial charge in [0.1, 0.15) is 5.75 Å². The minimum absolute atomic E-state index is 0.622. The number of nitrogens with two attached hydrogens (primary N) is 1. The number of halogens is 1. The molecule has 2 N–H and O–H groups in total. The molecule has 2 nitrogen and oxygen atoms in total. The van der Waals surface area contributed by atoms with Gasteiger partial charge in [0.15, 0.2) is 0 Å². The first kappa shape index (κ1) is 8.66. The molecular weight excluding hydrogens is 206 g/mol. The minimum Gasteiger partial charge on any atom is -0.495 e. The molecule has 0 unspecified atom stereocenters. The van der Waals surface area contributed by atoms with E-state index in [2.05, 4.69) is 0 Å². The summed E-state index contributed by atoms with van der Waals surface area (Å²) in [5.41, 5.74) is 6.53. The standard InChI is InChI=1S/C9H8ClNOS/c1-12-8-2-5-7(11)4-13-9(5)3-6(8)10/h2-4H,11H2,1H3. The van der Waals surface area contributed by atoms with Crippen molar-refractivity contribution in [3.8, 4) is 5.75 Å². The van der Waals surface area contributed by atoms with Gasteiger partial charge in [0.25, 0.3) is 0 Å². The van der Waals surface area contributed by atoms with Crippen molar-refractivity contribution in [2.24, 2.45) is 0 Å². The van der Waals surface area contributed by atoms with Gasteiger partial charge in [-0.2, -0.15) is 0 Å². The first-order chi connectivity index (χ1) is 6.22. The summed E-state index contributed by atoms with van der Waals surface area (Å²) in [6.07, 6.45) is 0. The smallest absolute Gasteiger partial charge is 0.138 e. The van der Waals surface area contributed by atoms with E-state index in [1.165, 1.54) is 0 Å². The van der Waals surface area contributed by atoms with Crippen LogP contribution in [0.5, 0.6) is 5.75 Å². The number of hydrogen-bond acceptors (Lipinski definition) is 3. The van der Waals surface area contributed by atoms with E-state index in [-0.39, 0.29) is 0 Å². The molecule has 0 spiro atoms. The van der Waals surface area contributed by atoms with Crippen LogP contribution in [0.1, 0.15) is 0 Å². The van der Waals surface area contributed by atoms with Gasteiger partial charge >= 0.3 is 0 Å². The lowest BCUT2D eigenvalue weighted by atomic mass is 10.2. The molecule has 1 heterocycles. The van der Waals surface area contributed by atoms with E-state index in [4.69, 9.17) is 22.1 Å². The number of nitrogen functional groups attached to an aromatic ring is 1. The summed E-state index contributed by atoms with van der Waals surface area (Å²) in [4.78, 5) is 0. The highest BCUT2D eigenvalue weighted by Gasteiger charge is 2.06. The summed E-state index contributed by atoms with van der Waals surface area (Å²) in [7, 11) is 1.59. The van der Waals surface area contributed by atoms with Crippen LogP contribution in [0.3, 0.4) is 0 Å². The Morgan fingerprint density at radius 1 is 1.46 bits per heavy atom. The Morgan fingerprint density at radius 3 is 2.92 bits per heavy atom. The third-order valence-electron chi connectivity index (χ3n) is 1.88. The van der Waals surface area contributed by atoms with Crippen molar-refractivity contribution in [1.29, 1.82) is 0 Å². The zero-order chi connectivity index (χ0) is 9.42. The Bertz CT molecular complexity index is 452. The molecule has 0 fully saturated rings. The van der Waals surface area contributed by atoms with Crippen LogP contribution in [0.25, 0.3) is 10.1 Å². The monoisotopic (exact) mass is 213 g/mol. The first-order valence-corrected chi connectivity index (χ1v) is 4.98. The Balaban J connectivity index is 2.77. The van der Waals surface area contributed by atoms with Gasteiger partial charge in [-0.25, -0.2) is 0 Å². The lowest BCUT2D eigenvalue weighted by Crippen LogP contribution is -1.85. The maximum absolute atomic E-state index is 5.95. The summed E-state index contributed by atoms with van der Waals surface area (Å²) in [6, 6.07) is 3.74. The minimum atomic E-state index is 0.622. The molecule has 0 aliphatic rings. The van der Waals surface area contributed by atoms with Crippen LogP contribution in [0, 0.1) is 0 Å². The fourth-order valence-electron chi connectivity index (χ4n) is 1.21. The van der Waals surface area contributed by atoms with Crippen molar-refractivity contribution in [3.63, 3.8) is 0 Å². The average molecular weight is 214 g/mol. The molecule has 0 atom stereocenters. The topological polar surface area (TPSA) is 35.2 Å². The Hall–Kier alpha value is -0.930. The van der Waals surface area contributed by atoms with E-state index >= 15 is 0 Å². The molecule has 2 rings (SSSR count). The highest BCUT2D eigenvalue weighted by atomic mass is 35.5. The summed E-state index contributed by atoms with van der Waals surface area (Å²) in [5.74, 6) is 0.666. The van der Waals surface area contributed by atoms with E-state index in [9.17, 15) is 0 Å². The van der Waals surface area contributed by atoms with E-state index in [0.717, 1.165) is 15.8 Å². The van der Waals surface area contributed by atoms with Crippen LogP contribution in [-0.2, 0) is 0 Å². The van der Waals surface area contributed by atoms with Gasteiger partial charge in [-0.15, -0.1) is 11.3 Å². The van der Waals surface area contributed by atoms with Crippen LogP contribution in [0.2, 0.25) is 5.02 Å². The van der Waals surface area contributed by atoms with Crippen LogP contribution >= 0.6 is 22.9 Å². The number of thiophene rings is 1. The fourth-order valence-corrected chi connectivity index (χ4v) is 2.38. The number of anilines is 1. The highest BCUT2D eigenvalue weighted by Crippen LogP contribution is 2.36. The van der Waals surface area contributed by atoms with E-state index in [0.29, 0.717) is 10.8 Å². The molecule has 0 saturated carbocycles. The number of methoxy groups -OCH3 is 1. The Kier molecular flexibility index (Phi) is 2.06. The Morgan fingerprint density at radius 2 is 2.23 bits per heavy atom. The first-order valence-electron chi connectivity index (χ1n) is 3.72. The van der Waals surface area contributed by atoms with E-state index in [1.807, 2.05) is 17.5 Å². The van der Waals surface area contributed by atoms with Gasteiger partial charge in [-0.05, 0) is 12.1 Å². The number of benzene rings is 1. The molecule has 1 aromatic heterocycles. The van der Waals surface area contributed by atoms with Crippen molar-refractivity contribution in [2.45, 2.75) is 0 Å². The molecule has 1 aromatic carbocycles. The van der Waals surface area contributed by atoms with Gasteiger partial charge in [0.05, 0.1) is 17.8 Å². The third-order valence-corrected chi connectivity index (χ3v) is 3.14. The second-order valence-electron chi connectivity index (χ2n) is 2.67. The predicted molar refractivity (Wildman–Crippen MR) is 57.8 cm³/mol. The van der Waals surface area contributed by atoms with Gasteiger partial charge in [-0.1, -0.05) is 11.6 Å². The second kappa shape index (κ2) is 3.09.